The Morgan fingerprint density at radius 1 is 1.10 bits per heavy atom. The number of nitrogens with zero attached hydrogens (tertiary/aromatic N) is 2. The summed E-state index contributed by atoms with van der Waals surface area (Å²) >= 11 is 0. The maximum atomic E-state index is 5.48. The third-order valence-corrected chi connectivity index (χ3v) is 4.68. The monoisotopic (exact) mass is 289 g/mol. The molecule has 0 radical (unpaired) electrons. The van der Waals surface area contributed by atoms with E-state index in [2.05, 4.69) is 18.3 Å². The Morgan fingerprint density at radius 2 is 1.86 bits per heavy atom. The molecule has 116 valence electrons. The van der Waals surface area contributed by atoms with Gasteiger partial charge in [0.25, 0.3) is 0 Å². The van der Waals surface area contributed by atoms with Crippen LogP contribution in [-0.4, -0.2) is 29.7 Å². The molecule has 21 heavy (non-hydrogen) atoms. The maximum absolute atomic E-state index is 5.48. The molecule has 1 aliphatic heterocycles. The second kappa shape index (κ2) is 7.21. The Balaban J connectivity index is 1.84. The van der Waals surface area contributed by atoms with Crippen molar-refractivity contribution in [3.63, 3.8) is 0 Å². The predicted octanol–water partition coefficient (Wildman–Crippen LogP) is 3.85. The first-order valence-electron chi connectivity index (χ1n) is 8.57. The number of hydrogen-bond donors (Lipinski definition) is 1. The molecule has 4 nitrogen and oxygen atoms in total. The second-order valence-electron chi connectivity index (χ2n) is 6.33. The minimum Gasteiger partial charge on any atom is -0.381 e. The van der Waals surface area contributed by atoms with Crippen LogP contribution in [-0.2, 0) is 4.74 Å². The molecule has 0 unspecified atom stereocenters. The zero-order valence-corrected chi connectivity index (χ0v) is 13.1. The molecule has 2 heterocycles. The fraction of sp³-hybridized carbons (Fsp3) is 0.765. The van der Waals surface area contributed by atoms with Crippen LogP contribution >= 0.6 is 0 Å². The minimum atomic E-state index is 0.474. The lowest BCUT2D eigenvalue weighted by Crippen LogP contribution is -2.18. The van der Waals surface area contributed by atoms with E-state index in [4.69, 9.17) is 14.7 Å². The number of aromatic nitrogens is 2. The highest BCUT2D eigenvalue weighted by Crippen LogP contribution is 2.35. The van der Waals surface area contributed by atoms with E-state index in [0.29, 0.717) is 11.8 Å². The van der Waals surface area contributed by atoms with Gasteiger partial charge in [-0.25, -0.2) is 9.97 Å². The van der Waals surface area contributed by atoms with Crippen molar-refractivity contribution < 1.29 is 4.74 Å². The molecule has 1 saturated carbocycles. The SMILES string of the molecule is CCCNc1cc(C2CCCC2)nc(C2CCOCC2)n1. The van der Waals surface area contributed by atoms with Crippen LogP contribution in [0, 0.1) is 0 Å². The standard InChI is InChI=1S/C17H27N3O/c1-2-9-18-16-12-15(13-5-3-4-6-13)19-17(20-16)14-7-10-21-11-8-14/h12-14H,2-11H2,1H3,(H,18,19,20). The molecule has 0 spiro atoms. The number of hydrogen-bond acceptors (Lipinski definition) is 4. The summed E-state index contributed by atoms with van der Waals surface area (Å²) in [7, 11) is 0. The number of nitrogens with one attached hydrogen (secondary N) is 1. The molecule has 0 amide bonds. The molecule has 1 N–H and O–H groups in total. The van der Waals surface area contributed by atoms with E-state index >= 15 is 0 Å². The van der Waals surface area contributed by atoms with Crippen molar-refractivity contribution >= 4 is 5.82 Å². The van der Waals surface area contributed by atoms with E-state index in [1.807, 2.05) is 0 Å². The summed E-state index contributed by atoms with van der Waals surface area (Å²) in [5, 5.41) is 3.46. The van der Waals surface area contributed by atoms with Gasteiger partial charge >= 0.3 is 0 Å². The van der Waals surface area contributed by atoms with Crippen LogP contribution in [0.5, 0.6) is 0 Å². The van der Waals surface area contributed by atoms with Crippen LogP contribution in [0.4, 0.5) is 5.82 Å². The van der Waals surface area contributed by atoms with Gasteiger partial charge < -0.3 is 10.1 Å². The molecule has 2 aliphatic rings. The highest BCUT2D eigenvalue weighted by Gasteiger charge is 2.23. The zero-order valence-electron chi connectivity index (χ0n) is 13.1. The normalized spacial score (nSPS) is 20.8. The van der Waals surface area contributed by atoms with Gasteiger partial charge in [-0.2, -0.15) is 0 Å². The van der Waals surface area contributed by atoms with Crippen molar-refractivity contribution in [1.82, 2.24) is 9.97 Å². The Bertz CT molecular complexity index is 451. The molecule has 0 atom stereocenters. The molecular weight excluding hydrogens is 262 g/mol. The average Bonchev–Trinajstić information content (AvgIpc) is 3.08. The van der Waals surface area contributed by atoms with Gasteiger partial charge in [0.1, 0.15) is 11.6 Å². The molecule has 4 heteroatoms. The van der Waals surface area contributed by atoms with Gasteiger partial charge in [-0.15, -0.1) is 0 Å². The van der Waals surface area contributed by atoms with Gasteiger partial charge in [-0.3, -0.25) is 0 Å². The van der Waals surface area contributed by atoms with Crippen LogP contribution in [0.25, 0.3) is 0 Å². The lowest BCUT2D eigenvalue weighted by molar-refractivity contribution is 0.0835. The van der Waals surface area contributed by atoms with Crippen molar-refractivity contribution in [3.8, 4) is 0 Å². The fourth-order valence-corrected chi connectivity index (χ4v) is 3.40. The Kier molecular flexibility index (Phi) is 5.07. The Labute approximate surface area is 127 Å². The lowest BCUT2D eigenvalue weighted by atomic mass is 9.98. The largest absolute Gasteiger partial charge is 0.381 e. The summed E-state index contributed by atoms with van der Waals surface area (Å²) in [5.41, 5.74) is 1.27. The number of anilines is 1. The molecule has 1 aromatic rings. The zero-order chi connectivity index (χ0) is 14.5. The van der Waals surface area contributed by atoms with Crippen molar-refractivity contribution in [1.29, 1.82) is 0 Å². The molecular formula is C17H27N3O. The molecule has 1 aromatic heterocycles. The first kappa shape index (κ1) is 14.8. The Hall–Kier alpha value is -1.16. The molecule has 3 rings (SSSR count). The highest BCUT2D eigenvalue weighted by atomic mass is 16.5. The summed E-state index contributed by atoms with van der Waals surface area (Å²) in [5.74, 6) is 3.19. The van der Waals surface area contributed by atoms with E-state index in [-0.39, 0.29) is 0 Å². The highest BCUT2D eigenvalue weighted by molar-refractivity contribution is 5.38. The first-order chi connectivity index (χ1) is 10.4. The first-order valence-corrected chi connectivity index (χ1v) is 8.57. The van der Waals surface area contributed by atoms with Crippen LogP contribution < -0.4 is 5.32 Å². The van der Waals surface area contributed by atoms with Crippen LogP contribution in [0.2, 0.25) is 0 Å². The molecule has 0 bridgehead atoms. The average molecular weight is 289 g/mol. The van der Waals surface area contributed by atoms with Gasteiger partial charge in [0.2, 0.25) is 0 Å². The van der Waals surface area contributed by atoms with Gasteiger partial charge in [0.15, 0.2) is 0 Å². The number of ether oxygens (including phenoxy) is 1. The lowest BCUT2D eigenvalue weighted by Gasteiger charge is -2.22. The van der Waals surface area contributed by atoms with E-state index in [9.17, 15) is 0 Å². The summed E-state index contributed by atoms with van der Waals surface area (Å²) in [6, 6.07) is 2.19. The molecule has 0 aromatic carbocycles. The third-order valence-electron chi connectivity index (χ3n) is 4.68. The fourth-order valence-electron chi connectivity index (χ4n) is 3.40. The quantitative estimate of drug-likeness (QED) is 0.894. The van der Waals surface area contributed by atoms with Gasteiger partial charge in [-0.1, -0.05) is 19.8 Å². The van der Waals surface area contributed by atoms with Crippen molar-refractivity contribution in [2.45, 2.75) is 63.7 Å². The van der Waals surface area contributed by atoms with Crippen molar-refractivity contribution in [2.75, 3.05) is 25.1 Å². The predicted molar refractivity (Wildman–Crippen MR) is 84.8 cm³/mol. The maximum Gasteiger partial charge on any atom is 0.134 e. The van der Waals surface area contributed by atoms with Gasteiger partial charge in [-0.05, 0) is 32.1 Å². The van der Waals surface area contributed by atoms with Crippen molar-refractivity contribution in [3.05, 3.63) is 17.6 Å². The topological polar surface area (TPSA) is 47.0 Å². The number of rotatable bonds is 5. The van der Waals surface area contributed by atoms with E-state index in [1.54, 1.807) is 0 Å². The van der Waals surface area contributed by atoms with E-state index in [1.165, 1.54) is 31.4 Å². The molecule has 2 fully saturated rings. The van der Waals surface area contributed by atoms with Crippen LogP contribution in [0.1, 0.15) is 75.2 Å². The summed E-state index contributed by atoms with van der Waals surface area (Å²) < 4.78 is 5.48. The van der Waals surface area contributed by atoms with E-state index < -0.39 is 0 Å². The third kappa shape index (κ3) is 3.73. The van der Waals surface area contributed by atoms with Crippen molar-refractivity contribution in [2.24, 2.45) is 0 Å². The molecule has 1 saturated heterocycles. The summed E-state index contributed by atoms with van der Waals surface area (Å²) in [4.78, 5) is 9.73. The second-order valence-corrected chi connectivity index (χ2v) is 6.33. The van der Waals surface area contributed by atoms with E-state index in [0.717, 1.165) is 50.7 Å². The summed E-state index contributed by atoms with van der Waals surface area (Å²) in [6.45, 7) is 4.86. The van der Waals surface area contributed by atoms with Crippen LogP contribution in [0.3, 0.4) is 0 Å². The Morgan fingerprint density at radius 3 is 2.57 bits per heavy atom. The smallest absolute Gasteiger partial charge is 0.134 e. The van der Waals surface area contributed by atoms with Gasteiger partial charge in [0, 0.05) is 43.4 Å². The summed E-state index contributed by atoms with van der Waals surface area (Å²) in [6.07, 6.45) is 8.50. The van der Waals surface area contributed by atoms with Gasteiger partial charge in [0.05, 0.1) is 0 Å². The minimum absolute atomic E-state index is 0.474. The molecule has 1 aliphatic carbocycles. The van der Waals surface area contributed by atoms with Crippen LogP contribution in [0.15, 0.2) is 6.07 Å².